The topological polar surface area (TPSA) is 44.1 Å². The third-order valence-electron chi connectivity index (χ3n) is 2.24. The van der Waals surface area contributed by atoms with Crippen LogP contribution in [0.15, 0.2) is 0 Å². The van der Waals surface area contributed by atoms with Crippen molar-refractivity contribution in [3.05, 3.63) is 0 Å². The summed E-state index contributed by atoms with van der Waals surface area (Å²) in [7, 11) is 0. The highest BCUT2D eigenvalue weighted by Gasteiger charge is 2.15. The quantitative estimate of drug-likeness (QED) is 0.651. The van der Waals surface area contributed by atoms with Crippen LogP contribution in [0.3, 0.4) is 0 Å². The Morgan fingerprint density at radius 1 is 1.36 bits per heavy atom. The third kappa shape index (κ3) is 4.98. The van der Waals surface area contributed by atoms with Crippen LogP contribution in [-0.2, 0) is 4.79 Å². The van der Waals surface area contributed by atoms with E-state index >= 15 is 0 Å². The van der Waals surface area contributed by atoms with E-state index in [4.69, 9.17) is 5.26 Å². The minimum atomic E-state index is 0.0818. The zero-order chi connectivity index (χ0) is 11.1. The summed E-state index contributed by atoms with van der Waals surface area (Å²) in [5.41, 5.74) is 0. The molecule has 0 atom stereocenters. The summed E-state index contributed by atoms with van der Waals surface area (Å²) >= 11 is 0. The molecule has 0 heterocycles. The van der Waals surface area contributed by atoms with Crippen molar-refractivity contribution >= 4 is 5.78 Å². The molecule has 0 rings (SSSR count). The first-order chi connectivity index (χ1) is 6.49. The Morgan fingerprint density at radius 2 is 1.93 bits per heavy atom. The molecule has 80 valence electrons. The second-order valence-corrected chi connectivity index (χ2v) is 4.09. The fourth-order valence-electron chi connectivity index (χ4n) is 1.10. The molecule has 0 aliphatic rings. The molecular formula is C11H20N2O. The van der Waals surface area contributed by atoms with Crippen molar-refractivity contribution in [2.45, 2.75) is 40.2 Å². The summed E-state index contributed by atoms with van der Waals surface area (Å²) in [6, 6.07) is 2.43. The van der Waals surface area contributed by atoms with Crippen LogP contribution in [0, 0.1) is 17.2 Å². The summed E-state index contributed by atoms with van der Waals surface area (Å²) in [5.74, 6) is 0.329. The Hall–Kier alpha value is -0.880. The molecule has 0 aliphatic heterocycles. The predicted octanol–water partition coefficient (Wildman–Crippen LogP) is 1.84. The molecule has 0 aromatic rings. The number of nitriles is 1. The van der Waals surface area contributed by atoms with Gasteiger partial charge in [-0.05, 0) is 13.8 Å². The van der Waals surface area contributed by atoms with Gasteiger partial charge in [0.05, 0.1) is 12.6 Å². The van der Waals surface area contributed by atoms with Crippen LogP contribution < -0.4 is 0 Å². The van der Waals surface area contributed by atoms with Crippen molar-refractivity contribution < 1.29 is 4.79 Å². The first-order valence-corrected chi connectivity index (χ1v) is 5.12. The Labute approximate surface area is 86.7 Å². The van der Waals surface area contributed by atoms with Crippen LogP contribution in [0.2, 0.25) is 0 Å². The standard InChI is InChI=1S/C11H20N2O/c1-9(2)11(14)8-13(10(3)4)7-5-6-12/h9-10H,5,7-8H2,1-4H3. The first kappa shape index (κ1) is 13.1. The maximum Gasteiger partial charge on any atom is 0.149 e. The molecule has 0 spiro atoms. The lowest BCUT2D eigenvalue weighted by Gasteiger charge is -2.25. The number of nitrogens with zero attached hydrogens (tertiary/aromatic N) is 2. The smallest absolute Gasteiger partial charge is 0.149 e. The molecule has 0 aromatic heterocycles. The number of hydrogen-bond acceptors (Lipinski definition) is 3. The van der Waals surface area contributed by atoms with Crippen molar-refractivity contribution in [1.29, 1.82) is 5.26 Å². The first-order valence-electron chi connectivity index (χ1n) is 5.12. The summed E-state index contributed by atoms with van der Waals surface area (Å²) in [5, 5.41) is 8.48. The van der Waals surface area contributed by atoms with Crippen LogP contribution in [0.5, 0.6) is 0 Å². The van der Waals surface area contributed by atoms with Gasteiger partial charge < -0.3 is 0 Å². The molecule has 0 unspecified atom stereocenters. The molecule has 0 saturated heterocycles. The zero-order valence-electron chi connectivity index (χ0n) is 9.58. The maximum atomic E-state index is 11.5. The van der Waals surface area contributed by atoms with Gasteiger partial charge in [-0.15, -0.1) is 0 Å². The Morgan fingerprint density at radius 3 is 2.29 bits per heavy atom. The second-order valence-electron chi connectivity index (χ2n) is 4.09. The Balaban J connectivity index is 4.10. The van der Waals surface area contributed by atoms with Crippen LogP contribution in [-0.4, -0.2) is 29.8 Å². The van der Waals surface area contributed by atoms with Gasteiger partial charge in [0.25, 0.3) is 0 Å². The lowest BCUT2D eigenvalue weighted by atomic mass is 10.1. The maximum absolute atomic E-state index is 11.5. The van der Waals surface area contributed by atoms with Crippen LogP contribution in [0.25, 0.3) is 0 Å². The number of ketones is 1. The average molecular weight is 196 g/mol. The number of rotatable bonds is 6. The zero-order valence-corrected chi connectivity index (χ0v) is 9.58. The molecular weight excluding hydrogens is 176 g/mol. The van der Waals surface area contributed by atoms with E-state index in [-0.39, 0.29) is 11.7 Å². The van der Waals surface area contributed by atoms with E-state index in [2.05, 4.69) is 6.07 Å². The SMILES string of the molecule is CC(C)C(=O)CN(CCC#N)C(C)C. The van der Waals surface area contributed by atoms with E-state index in [1.54, 1.807) is 0 Å². The van der Waals surface area contributed by atoms with Crippen molar-refractivity contribution in [2.24, 2.45) is 5.92 Å². The van der Waals surface area contributed by atoms with Gasteiger partial charge in [-0.25, -0.2) is 0 Å². The molecule has 0 bridgehead atoms. The fourth-order valence-corrected chi connectivity index (χ4v) is 1.10. The van der Waals surface area contributed by atoms with Crippen molar-refractivity contribution in [2.75, 3.05) is 13.1 Å². The van der Waals surface area contributed by atoms with E-state index in [0.29, 0.717) is 25.6 Å². The van der Waals surface area contributed by atoms with E-state index in [9.17, 15) is 4.79 Å². The largest absolute Gasteiger partial charge is 0.298 e. The fraction of sp³-hybridized carbons (Fsp3) is 0.818. The highest BCUT2D eigenvalue weighted by molar-refractivity contribution is 5.82. The molecule has 0 fully saturated rings. The third-order valence-corrected chi connectivity index (χ3v) is 2.24. The lowest BCUT2D eigenvalue weighted by Crippen LogP contribution is -2.37. The highest BCUT2D eigenvalue weighted by atomic mass is 16.1. The van der Waals surface area contributed by atoms with E-state index in [1.165, 1.54) is 0 Å². The molecule has 3 nitrogen and oxygen atoms in total. The molecule has 0 saturated carbocycles. The minimum Gasteiger partial charge on any atom is -0.298 e. The number of carbonyl (C=O) groups is 1. The van der Waals surface area contributed by atoms with Crippen LogP contribution in [0.1, 0.15) is 34.1 Å². The van der Waals surface area contributed by atoms with Gasteiger partial charge in [-0.1, -0.05) is 13.8 Å². The minimum absolute atomic E-state index is 0.0818. The van der Waals surface area contributed by atoms with Gasteiger partial charge in [0, 0.05) is 24.9 Å². The average Bonchev–Trinajstić information content (AvgIpc) is 2.10. The summed E-state index contributed by atoms with van der Waals surface area (Å²) in [4.78, 5) is 13.5. The van der Waals surface area contributed by atoms with Crippen molar-refractivity contribution in [3.63, 3.8) is 0 Å². The van der Waals surface area contributed by atoms with Crippen LogP contribution >= 0.6 is 0 Å². The summed E-state index contributed by atoms with van der Waals surface area (Å²) in [6.07, 6.45) is 0.490. The van der Waals surface area contributed by atoms with Crippen molar-refractivity contribution in [3.8, 4) is 6.07 Å². The molecule has 14 heavy (non-hydrogen) atoms. The molecule has 0 aromatic carbocycles. The summed E-state index contributed by atoms with van der Waals surface area (Å²) < 4.78 is 0. The normalized spacial score (nSPS) is 11.0. The van der Waals surface area contributed by atoms with Gasteiger partial charge in [0.15, 0.2) is 0 Å². The predicted molar refractivity (Wildman–Crippen MR) is 56.8 cm³/mol. The Kier molecular flexibility index (Phi) is 6.14. The van der Waals surface area contributed by atoms with Gasteiger partial charge in [-0.3, -0.25) is 9.69 Å². The lowest BCUT2D eigenvalue weighted by molar-refractivity contribution is -0.123. The van der Waals surface area contributed by atoms with Crippen molar-refractivity contribution in [1.82, 2.24) is 4.90 Å². The van der Waals surface area contributed by atoms with Gasteiger partial charge in [0.2, 0.25) is 0 Å². The molecule has 3 heteroatoms. The monoisotopic (exact) mass is 196 g/mol. The number of Topliss-reactive ketones (excluding diaryl/α,β-unsaturated/α-hetero) is 1. The number of hydrogen-bond donors (Lipinski definition) is 0. The second kappa shape index (κ2) is 6.56. The van der Waals surface area contributed by atoms with E-state index in [1.807, 2.05) is 32.6 Å². The molecule has 0 aliphatic carbocycles. The van der Waals surface area contributed by atoms with Crippen LogP contribution in [0.4, 0.5) is 0 Å². The molecule has 0 radical (unpaired) electrons. The van der Waals surface area contributed by atoms with E-state index < -0.39 is 0 Å². The summed E-state index contributed by atoms with van der Waals surface area (Å²) in [6.45, 7) is 9.07. The van der Waals surface area contributed by atoms with E-state index in [0.717, 1.165) is 0 Å². The Bertz CT molecular complexity index is 216. The van der Waals surface area contributed by atoms with Gasteiger partial charge >= 0.3 is 0 Å². The highest BCUT2D eigenvalue weighted by Crippen LogP contribution is 2.03. The number of carbonyl (C=O) groups excluding carboxylic acids is 1. The van der Waals surface area contributed by atoms with Gasteiger partial charge in [0.1, 0.15) is 5.78 Å². The van der Waals surface area contributed by atoms with Gasteiger partial charge in [-0.2, -0.15) is 5.26 Å². The molecule has 0 N–H and O–H groups in total. The molecule has 0 amide bonds.